The van der Waals surface area contributed by atoms with Crippen molar-refractivity contribution < 1.29 is 14.9 Å². The lowest BCUT2D eigenvalue weighted by molar-refractivity contribution is -0.156. The van der Waals surface area contributed by atoms with Crippen LogP contribution < -0.4 is 0 Å². The SMILES string of the molecule is CC(CO)C1CCC(C)C2CCC3(C)OC3C12O. The van der Waals surface area contributed by atoms with Crippen molar-refractivity contribution in [2.75, 3.05) is 6.61 Å². The van der Waals surface area contributed by atoms with E-state index in [4.69, 9.17) is 4.74 Å². The third-order valence-electron chi connectivity index (χ3n) is 6.04. The molecule has 104 valence electrons. The van der Waals surface area contributed by atoms with Gasteiger partial charge in [0.1, 0.15) is 6.10 Å². The van der Waals surface area contributed by atoms with E-state index in [2.05, 4.69) is 20.8 Å². The number of rotatable bonds is 2. The van der Waals surface area contributed by atoms with Gasteiger partial charge in [-0.1, -0.05) is 13.8 Å². The maximum atomic E-state index is 11.4. The first kappa shape index (κ1) is 12.9. The summed E-state index contributed by atoms with van der Waals surface area (Å²) in [6.45, 7) is 6.62. The fourth-order valence-corrected chi connectivity index (χ4v) is 4.83. The summed E-state index contributed by atoms with van der Waals surface area (Å²) in [5.41, 5.74) is -0.789. The maximum absolute atomic E-state index is 11.4. The molecule has 2 saturated carbocycles. The smallest absolute Gasteiger partial charge is 0.116 e. The monoisotopic (exact) mass is 254 g/mol. The molecule has 0 spiro atoms. The van der Waals surface area contributed by atoms with E-state index in [0.717, 1.165) is 19.3 Å². The van der Waals surface area contributed by atoms with E-state index in [1.54, 1.807) is 0 Å². The molecule has 0 aromatic heterocycles. The molecule has 7 unspecified atom stereocenters. The van der Waals surface area contributed by atoms with Crippen LogP contribution in [0.5, 0.6) is 0 Å². The summed E-state index contributed by atoms with van der Waals surface area (Å²) in [5, 5.41) is 20.8. The summed E-state index contributed by atoms with van der Waals surface area (Å²) in [6, 6.07) is 0. The van der Waals surface area contributed by atoms with Crippen LogP contribution >= 0.6 is 0 Å². The summed E-state index contributed by atoms with van der Waals surface area (Å²) in [5.74, 6) is 1.28. The lowest BCUT2D eigenvalue weighted by Gasteiger charge is -2.52. The molecule has 0 radical (unpaired) electrons. The molecule has 3 rings (SSSR count). The summed E-state index contributed by atoms with van der Waals surface area (Å²) < 4.78 is 5.88. The van der Waals surface area contributed by atoms with E-state index in [1.807, 2.05) is 0 Å². The molecule has 2 aliphatic carbocycles. The molecule has 3 fully saturated rings. The fraction of sp³-hybridized carbons (Fsp3) is 1.00. The van der Waals surface area contributed by atoms with Crippen LogP contribution in [-0.4, -0.2) is 34.1 Å². The van der Waals surface area contributed by atoms with Gasteiger partial charge in [-0.05, 0) is 56.3 Å². The van der Waals surface area contributed by atoms with E-state index in [1.165, 1.54) is 6.42 Å². The van der Waals surface area contributed by atoms with Crippen molar-refractivity contribution in [1.29, 1.82) is 0 Å². The van der Waals surface area contributed by atoms with Crippen molar-refractivity contribution in [2.45, 2.75) is 63.8 Å². The summed E-state index contributed by atoms with van der Waals surface area (Å²) >= 11 is 0. The highest BCUT2D eigenvalue weighted by atomic mass is 16.6. The summed E-state index contributed by atoms with van der Waals surface area (Å²) in [4.78, 5) is 0. The van der Waals surface area contributed by atoms with Crippen molar-refractivity contribution in [3.63, 3.8) is 0 Å². The third kappa shape index (κ3) is 1.53. The van der Waals surface area contributed by atoms with Crippen LogP contribution in [0.3, 0.4) is 0 Å². The Morgan fingerprint density at radius 3 is 2.72 bits per heavy atom. The van der Waals surface area contributed by atoms with Crippen molar-refractivity contribution in [3.05, 3.63) is 0 Å². The summed E-state index contributed by atoms with van der Waals surface area (Å²) in [6.07, 6.45) is 4.34. The lowest BCUT2D eigenvalue weighted by Crippen LogP contribution is -2.60. The van der Waals surface area contributed by atoms with Gasteiger partial charge in [0.2, 0.25) is 0 Å². The normalized spacial score (nSPS) is 56.5. The molecule has 0 aromatic rings. The van der Waals surface area contributed by atoms with Gasteiger partial charge in [-0.25, -0.2) is 0 Å². The van der Waals surface area contributed by atoms with Crippen LogP contribution in [0.2, 0.25) is 0 Å². The van der Waals surface area contributed by atoms with Gasteiger partial charge in [0.15, 0.2) is 0 Å². The van der Waals surface area contributed by atoms with Gasteiger partial charge in [0.05, 0.1) is 11.2 Å². The number of aliphatic hydroxyl groups is 2. The molecule has 3 aliphatic rings. The Labute approximate surface area is 110 Å². The third-order valence-corrected chi connectivity index (χ3v) is 6.04. The van der Waals surface area contributed by atoms with Gasteiger partial charge in [-0.2, -0.15) is 0 Å². The Morgan fingerprint density at radius 2 is 2.06 bits per heavy atom. The zero-order chi connectivity index (χ0) is 13.1. The van der Waals surface area contributed by atoms with Crippen molar-refractivity contribution >= 4 is 0 Å². The van der Waals surface area contributed by atoms with Crippen LogP contribution in [0.25, 0.3) is 0 Å². The molecular formula is C15H26O3. The van der Waals surface area contributed by atoms with Crippen molar-refractivity contribution in [3.8, 4) is 0 Å². The van der Waals surface area contributed by atoms with Crippen molar-refractivity contribution in [2.24, 2.45) is 23.7 Å². The number of aliphatic hydroxyl groups excluding tert-OH is 1. The number of epoxide rings is 1. The molecule has 0 amide bonds. The first-order valence-corrected chi connectivity index (χ1v) is 7.44. The molecule has 3 nitrogen and oxygen atoms in total. The first-order valence-electron chi connectivity index (χ1n) is 7.44. The maximum Gasteiger partial charge on any atom is 0.116 e. The lowest BCUT2D eigenvalue weighted by atomic mass is 9.54. The highest BCUT2D eigenvalue weighted by Crippen LogP contribution is 2.62. The van der Waals surface area contributed by atoms with Gasteiger partial charge in [-0.3, -0.25) is 0 Å². The largest absolute Gasteiger partial charge is 0.396 e. The van der Waals surface area contributed by atoms with Gasteiger partial charge >= 0.3 is 0 Å². The number of fused-ring (bicyclic) bond motifs is 3. The van der Waals surface area contributed by atoms with Gasteiger partial charge in [-0.15, -0.1) is 0 Å². The van der Waals surface area contributed by atoms with Crippen LogP contribution in [0.1, 0.15) is 46.5 Å². The van der Waals surface area contributed by atoms with E-state index < -0.39 is 5.60 Å². The molecule has 1 aliphatic heterocycles. The first-order chi connectivity index (χ1) is 8.43. The molecule has 3 heteroatoms. The molecule has 0 bridgehead atoms. The predicted octanol–water partition coefficient (Wildman–Crippen LogP) is 1.96. The Morgan fingerprint density at radius 1 is 1.33 bits per heavy atom. The van der Waals surface area contributed by atoms with Crippen molar-refractivity contribution in [1.82, 2.24) is 0 Å². The number of hydrogen-bond acceptors (Lipinski definition) is 3. The molecule has 2 N–H and O–H groups in total. The van der Waals surface area contributed by atoms with Gasteiger partial charge in [0.25, 0.3) is 0 Å². The second kappa shape index (κ2) is 3.94. The Bertz CT molecular complexity index is 345. The molecule has 1 saturated heterocycles. The average Bonchev–Trinajstić information content (AvgIpc) is 3.02. The fourth-order valence-electron chi connectivity index (χ4n) is 4.83. The minimum atomic E-state index is -0.702. The quantitative estimate of drug-likeness (QED) is 0.741. The van der Waals surface area contributed by atoms with E-state index in [-0.39, 0.29) is 30.1 Å². The summed E-state index contributed by atoms with van der Waals surface area (Å²) in [7, 11) is 0. The molecule has 7 atom stereocenters. The second-order valence-corrected chi connectivity index (χ2v) is 7.16. The molecule has 0 aromatic carbocycles. The van der Waals surface area contributed by atoms with Crippen LogP contribution in [0, 0.1) is 23.7 Å². The van der Waals surface area contributed by atoms with E-state index >= 15 is 0 Å². The Hall–Kier alpha value is -0.120. The van der Waals surface area contributed by atoms with Crippen LogP contribution in [0.4, 0.5) is 0 Å². The van der Waals surface area contributed by atoms with Crippen LogP contribution in [0.15, 0.2) is 0 Å². The topological polar surface area (TPSA) is 53.0 Å². The molecule has 1 heterocycles. The van der Waals surface area contributed by atoms with E-state index in [0.29, 0.717) is 11.8 Å². The zero-order valence-corrected chi connectivity index (χ0v) is 11.7. The molecule has 18 heavy (non-hydrogen) atoms. The average molecular weight is 254 g/mol. The second-order valence-electron chi connectivity index (χ2n) is 7.16. The Kier molecular flexibility index (Phi) is 2.82. The molecular weight excluding hydrogens is 228 g/mol. The van der Waals surface area contributed by atoms with Gasteiger partial charge in [0, 0.05) is 6.61 Å². The minimum absolute atomic E-state index is 0.00509. The number of ether oxygens (including phenoxy) is 1. The van der Waals surface area contributed by atoms with Crippen LogP contribution in [-0.2, 0) is 4.74 Å². The number of hydrogen-bond donors (Lipinski definition) is 2. The van der Waals surface area contributed by atoms with E-state index in [9.17, 15) is 10.2 Å². The predicted molar refractivity (Wildman–Crippen MR) is 69.1 cm³/mol. The minimum Gasteiger partial charge on any atom is -0.396 e. The standard InChI is InChI=1S/C15H26O3/c1-9-4-5-11(10(2)8-16)15(17)12(9)6-7-14(3)13(15)18-14/h9-13,16-17H,4-8H2,1-3H3. The highest BCUT2D eigenvalue weighted by Gasteiger charge is 2.71. The van der Waals surface area contributed by atoms with Gasteiger partial charge < -0.3 is 14.9 Å². The highest BCUT2D eigenvalue weighted by molar-refractivity contribution is 5.20. The zero-order valence-electron chi connectivity index (χ0n) is 11.7. The Balaban J connectivity index is 1.94.